The van der Waals surface area contributed by atoms with Gasteiger partial charge in [0.2, 0.25) is 0 Å². The van der Waals surface area contributed by atoms with Gasteiger partial charge >= 0.3 is 0 Å². The first-order valence-corrected chi connectivity index (χ1v) is 12.8. The van der Waals surface area contributed by atoms with Gasteiger partial charge < -0.3 is 18.9 Å². The van der Waals surface area contributed by atoms with Crippen molar-refractivity contribution in [2.24, 2.45) is 0 Å². The van der Waals surface area contributed by atoms with Gasteiger partial charge in [-0.25, -0.2) is 0 Å². The molecule has 5 heteroatoms. The van der Waals surface area contributed by atoms with Gasteiger partial charge in [-0.2, -0.15) is 0 Å². The topological polar surface area (TPSA) is 36.9 Å². The molecule has 0 bridgehead atoms. The molecule has 0 fully saturated rings. The fraction of sp³-hybridized carbons (Fsp3) is 0.133. The third-order valence-electron chi connectivity index (χ3n) is 5.86. The Labute approximate surface area is 206 Å². The van der Waals surface area contributed by atoms with E-state index in [0.29, 0.717) is 0 Å². The Morgan fingerprint density at radius 3 is 1.46 bits per heavy atom. The van der Waals surface area contributed by atoms with Gasteiger partial charge in [-0.05, 0) is 36.1 Å². The van der Waals surface area contributed by atoms with Gasteiger partial charge in [0, 0.05) is 35.6 Å². The predicted molar refractivity (Wildman–Crippen MR) is 145 cm³/mol. The van der Waals surface area contributed by atoms with Gasteiger partial charge in [0.15, 0.2) is 13.6 Å². The molecule has 0 atom stereocenters. The fourth-order valence-corrected chi connectivity index (χ4v) is 6.85. The minimum atomic E-state index is -1.03. The number of hydrogen-bond acceptors (Lipinski definition) is 4. The third-order valence-corrected chi connectivity index (χ3v) is 8.34. The minimum Gasteiger partial charge on any atom is -0.466 e. The van der Waals surface area contributed by atoms with Crippen LogP contribution in [0.5, 0.6) is 11.5 Å². The number of methoxy groups -OCH3 is 2. The first-order valence-electron chi connectivity index (χ1n) is 11.4. The summed E-state index contributed by atoms with van der Waals surface area (Å²) in [6.07, 6.45) is 0. The molecule has 0 amide bonds. The lowest BCUT2D eigenvalue weighted by Gasteiger charge is -2.26. The summed E-state index contributed by atoms with van der Waals surface area (Å²) in [5.74, 6) is 1.68. The van der Waals surface area contributed by atoms with Crippen LogP contribution in [-0.2, 0) is 9.47 Å². The SMILES string of the molecule is COCOc1c(P(c2ccccc2)c2ccc3ccccc3c2OCOC)ccc2ccccc12. The molecule has 35 heavy (non-hydrogen) atoms. The Morgan fingerprint density at radius 2 is 0.971 bits per heavy atom. The maximum absolute atomic E-state index is 6.26. The van der Waals surface area contributed by atoms with Crippen LogP contribution in [-0.4, -0.2) is 27.8 Å². The van der Waals surface area contributed by atoms with E-state index in [9.17, 15) is 0 Å². The highest BCUT2D eigenvalue weighted by Gasteiger charge is 2.26. The smallest absolute Gasteiger partial charge is 0.188 e. The Kier molecular flexibility index (Phi) is 7.25. The van der Waals surface area contributed by atoms with E-state index in [1.54, 1.807) is 14.2 Å². The summed E-state index contributed by atoms with van der Waals surface area (Å²) >= 11 is 0. The molecule has 0 aliphatic rings. The lowest BCUT2D eigenvalue weighted by molar-refractivity contribution is 0.0529. The van der Waals surface area contributed by atoms with Crippen molar-refractivity contribution >= 4 is 45.4 Å². The van der Waals surface area contributed by atoms with Crippen LogP contribution in [0, 0.1) is 0 Å². The molecule has 0 aromatic heterocycles. The van der Waals surface area contributed by atoms with Crippen molar-refractivity contribution < 1.29 is 18.9 Å². The highest BCUT2D eigenvalue weighted by molar-refractivity contribution is 7.80. The molecule has 0 saturated heterocycles. The van der Waals surface area contributed by atoms with E-state index in [-0.39, 0.29) is 13.6 Å². The van der Waals surface area contributed by atoms with Gasteiger partial charge in [-0.1, -0.05) is 91.0 Å². The van der Waals surface area contributed by atoms with Gasteiger partial charge in [0.05, 0.1) is 0 Å². The zero-order valence-electron chi connectivity index (χ0n) is 19.8. The molecular formula is C30H27O4P. The first kappa shape index (κ1) is 23.3. The lowest BCUT2D eigenvalue weighted by atomic mass is 10.1. The van der Waals surface area contributed by atoms with E-state index in [2.05, 4.69) is 72.8 Å². The first-order chi connectivity index (χ1) is 17.3. The lowest BCUT2D eigenvalue weighted by Crippen LogP contribution is -2.24. The summed E-state index contributed by atoms with van der Waals surface area (Å²) in [6.45, 7) is 0.341. The molecule has 5 rings (SSSR count). The second-order valence-corrected chi connectivity index (χ2v) is 10.2. The van der Waals surface area contributed by atoms with Gasteiger partial charge in [0.25, 0.3) is 0 Å². The molecule has 5 aromatic carbocycles. The van der Waals surface area contributed by atoms with Crippen molar-refractivity contribution in [2.45, 2.75) is 0 Å². The van der Waals surface area contributed by atoms with Crippen LogP contribution in [0.3, 0.4) is 0 Å². The normalized spacial score (nSPS) is 11.3. The fourth-order valence-electron chi connectivity index (χ4n) is 4.34. The molecular weight excluding hydrogens is 455 g/mol. The van der Waals surface area contributed by atoms with Crippen molar-refractivity contribution in [3.8, 4) is 11.5 Å². The summed E-state index contributed by atoms with van der Waals surface area (Å²) in [7, 11) is 2.26. The molecule has 0 N–H and O–H groups in total. The predicted octanol–water partition coefficient (Wildman–Crippen LogP) is 5.72. The molecule has 0 heterocycles. The van der Waals surface area contributed by atoms with E-state index >= 15 is 0 Å². The number of hydrogen-bond donors (Lipinski definition) is 0. The zero-order chi connectivity index (χ0) is 24.0. The van der Waals surface area contributed by atoms with Crippen molar-refractivity contribution in [3.05, 3.63) is 103 Å². The van der Waals surface area contributed by atoms with Gasteiger partial charge in [-0.15, -0.1) is 0 Å². The number of benzene rings is 5. The van der Waals surface area contributed by atoms with E-state index in [1.165, 1.54) is 5.30 Å². The van der Waals surface area contributed by atoms with Crippen LogP contribution >= 0.6 is 7.92 Å². The van der Waals surface area contributed by atoms with Crippen molar-refractivity contribution in [1.29, 1.82) is 0 Å². The van der Waals surface area contributed by atoms with E-state index in [4.69, 9.17) is 18.9 Å². The molecule has 0 spiro atoms. The molecule has 4 nitrogen and oxygen atoms in total. The van der Waals surface area contributed by atoms with Gasteiger partial charge in [0.1, 0.15) is 11.5 Å². The van der Waals surface area contributed by atoms with Crippen molar-refractivity contribution in [1.82, 2.24) is 0 Å². The number of ether oxygens (including phenoxy) is 4. The maximum Gasteiger partial charge on any atom is 0.188 e. The summed E-state index contributed by atoms with van der Waals surface area (Å²) in [4.78, 5) is 0. The van der Waals surface area contributed by atoms with E-state index < -0.39 is 7.92 Å². The van der Waals surface area contributed by atoms with E-state index in [1.807, 2.05) is 30.3 Å². The standard InChI is InChI=1S/C30H27O4P/c1-31-20-33-29-25-14-8-6-10-22(25)16-18-27(29)35(24-12-4-3-5-13-24)28-19-17-23-11-7-9-15-26(23)30(28)34-21-32-2/h3-19H,20-21H2,1-2H3. The Bertz CT molecular complexity index is 1340. The maximum atomic E-state index is 6.26. The average Bonchev–Trinajstić information content (AvgIpc) is 2.92. The van der Waals surface area contributed by atoms with Crippen LogP contribution in [0.1, 0.15) is 0 Å². The Hall–Kier alpha value is -3.43. The molecule has 0 radical (unpaired) electrons. The second kappa shape index (κ2) is 10.9. The highest BCUT2D eigenvalue weighted by atomic mass is 31.1. The van der Waals surface area contributed by atoms with E-state index in [0.717, 1.165) is 43.7 Å². The van der Waals surface area contributed by atoms with Crippen LogP contribution in [0.25, 0.3) is 21.5 Å². The Morgan fingerprint density at radius 1 is 0.514 bits per heavy atom. The summed E-state index contributed by atoms with van der Waals surface area (Å²) in [6, 6.07) is 35.8. The summed E-state index contributed by atoms with van der Waals surface area (Å²) in [5, 5.41) is 7.80. The largest absolute Gasteiger partial charge is 0.466 e. The third kappa shape index (κ3) is 4.74. The van der Waals surface area contributed by atoms with Crippen LogP contribution in [0.4, 0.5) is 0 Å². The van der Waals surface area contributed by atoms with Crippen molar-refractivity contribution in [3.63, 3.8) is 0 Å². The van der Waals surface area contributed by atoms with Crippen LogP contribution in [0.2, 0.25) is 0 Å². The molecule has 0 saturated carbocycles. The quantitative estimate of drug-likeness (QED) is 0.199. The number of fused-ring (bicyclic) bond motifs is 2. The van der Waals surface area contributed by atoms with Gasteiger partial charge in [-0.3, -0.25) is 0 Å². The monoisotopic (exact) mass is 482 g/mol. The second-order valence-electron chi connectivity index (χ2n) is 8.04. The number of rotatable bonds is 9. The summed E-state index contributed by atoms with van der Waals surface area (Å²) < 4.78 is 23.2. The van der Waals surface area contributed by atoms with Crippen LogP contribution in [0.15, 0.2) is 103 Å². The zero-order valence-corrected chi connectivity index (χ0v) is 20.7. The van der Waals surface area contributed by atoms with Crippen LogP contribution < -0.4 is 25.4 Å². The Balaban J connectivity index is 1.80. The molecule has 0 aliphatic heterocycles. The summed E-state index contributed by atoms with van der Waals surface area (Å²) in [5.41, 5.74) is 0. The highest BCUT2D eigenvalue weighted by Crippen LogP contribution is 2.43. The molecule has 5 aromatic rings. The molecule has 0 unspecified atom stereocenters. The molecule has 0 aliphatic carbocycles. The average molecular weight is 483 g/mol. The minimum absolute atomic E-state index is 0.170. The molecule has 176 valence electrons. The van der Waals surface area contributed by atoms with Crippen molar-refractivity contribution in [2.75, 3.05) is 27.8 Å².